The number of benzene rings is 2. The maximum absolute atomic E-state index is 11.9. The first-order valence-electron chi connectivity index (χ1n) is 8.92. The van der Waals surface area contributed by atoms with Gasteiger partial charge in [-0.1, -0.05) is 65.0 Å². The summed E-state index contributed by atoms with van der Waals surface area (Å²) >= 11 is 3.45. The summed E-state index contributed by atoms with van der Waals surface area (Å²) in [5.41, 5.74) is 3.09. The van der Waals surface area contributed by atoms with Crippen LogP contribution in [-0.2, 0) is 17.8 Å². The van der Waals surface area contributed by atoms with Gasteiger partial charge in [-0.3, -0.25) is 4.79 Å². The number of allylic oxidation sites excluding steroid dienone is 1. The van der Waals surface area contributed by atoms with Gasteiger partial charge < -0.3 is 9.88 Å². The van der Waals surface area contributed by atoms with Gasteiger partial charge in [-0.25, -0.2) is 4.98 Å². The molecular weight excluding hydrogens is 402 g/mol. The van der Waals surface area contributed by atoms with E-state index in [1.54, 1.807) is 6.08 Å². The van der Waals surface area contributed by atoms with Gasteiger partial charge in [0.05, 0.1) is 17.6 Å². The average molecular weight is 424 g/mol. The molecule has 3 aromatic rings. The second-order valence-electron chi connectivity index (χ2n) is 6.26. The summed E-state index contributed by atoms with van der Waals surface area (Å²) in [4.78, 5) is 16.7. The highest BCUT2D eigenvalue weighted by Gasteiger charge is 2.10. The largest absolute Gasteiger partial charge is 0.353 e. The van der Waals surface area contributed by atoms with Crippen LogP contribution in [0.2, 0.25) is 0 Å². The predicted octanol–water partition coefficient (Wildman–Crippen LogP) is 4.71. The number of amides is 1. The Kier molecular flexibility index (Phi) is 6.60. The Bertz CT molecular complexity index is 960. The summed E-state index contributed by atoms with van der Waals surface area (Å²) < 4.78 is 3.08. The molecule has 1 amide bonds. The van der Waals surface area contributed by atoms with E-state index in [1.165, 1.54) is 0 Å². The van der Waals surface area contributed by atoms with E-state index in [-0.39, 0.29) is 5.91 Å². The molecule has 0 saturated heterocycles. The number of nitrogens with zero attached hydrogens (tertiary/aromatic N) is 2. The van der Waals surface area contributed by atoms with Crippen molar-refractivity contribution < 1.29 is 4.79 Å². The molecule has 27 heavy (non-hydrogen) atoms. The topological polar surface area (TPSA) is 46.9 Å². The third-order valence-electron chi connectivity index (χ3n) is 4.17. The smallest absolute Gasteiger partial charge is 0.243 e. The van der Waals surface area contributed by atoms with Crippen molar-refractivity contribution in [2.24, 2.45) is 0 Å². The summed E-state index contributed by atoms with van der Waals surface area (Å²) in [6.07, 6.45) is 5.00. The lowest BCUT2D eigenvalue weighted by Crippen LogP contribution is -2.22. The molecular formula is C22H22BrN3O. The van der Waals surface area contributed by atoms with Crippen molar-refractivity contribution in [3.05, 3.63) is 83.1 Å². The molecule has 1 aromatic heterocycles. The Hall–Kier alpha value is -2.66. The highest BCUT2D eigenvalue weighted by molar-refractivity contribution is 9.11. The Morgan fingerprint density at radius 2 is 1.89 bits per heavy atom. The van der Waals surface area contributed by atoms with E-state index < -0.39 is 0 Å². The van der Waals surface area contributed by atoms with E-state index in [0.29, 0.717) is 13.1 Å². The van der Waals surface area contributed by atoms with Crippen LogP contribution in [0.5, 0.6) is 0 Å². The van der Waals surface area contributed by atoms with Crippen LogP contribution in [0.15, 0.2) is 71.7 Å². The molecule has 2 aromatic carbocycles. The molecule has 0 atom stereocenters. The van der Waals surface area contributed by atoms with Crippen LogP contribution in [0.4, 0.5) is 0 Å². The molecule has 1 N–H and O–H groups in total. The quantitative estimate of drug-likeness (QED) is 0.421. The van der Waals surface area contributed by atoms with Gasteiger partial charge in [0.15, 0.2) is 0 Å². The van der Waals surface area contributed by atoms with Crippen LogP contribution in [0.3, 0.4) is 0 Å². The predicted molar refractivity (Wildman–Crippen MR) is 115 cm³/mol. The molecule has 0 saturated carbocycles. The lowest BCUT2D eigenvalue weighted by Gasteiger charge is -2.08. The molecule has 1 heterocycles. The third kappa shape index (κ3) is 5.41. The third-order valence-corrected chi connectivity index (χ3v) is 4.42. The standard InChI is InChI=1S/C22H22BrN3O/c1-17(23)16-26-20-11-6-5-10-19(20)25-21(26)12-7-15-24-22(27)14-13-18-8-3-2-4-9-18/h2-6,8-11,13-14H,1,7,12,15-16H2,(H,24,27)/b14-13+. The van der Waals surface area contributed by atoms with E-state index in [2.05, 4.69) is 38.5 Å². The molecule has 0 aliphatic carbocycles. The first-order valence-corrected chi connectivity index (χ1v) is 9.71. The second kappa shape index (κ2) is 9.33. The number of imidazole rings is 1. The fourth-order valence-electron chi connectivity index (χ4n) is 2.92. The van der Waals surface area contributed by atoms with Crippen LogP contribution in [0.1, 0.15) is 17.8 Å². The Morgan fingerprint density at radius 3 is 2.67 bits per heavy atom. The summed E-state index contributed by atoms with van der Waals surface area (Å²) in [5.74, 6) is 0.923. The van der Waals surface area contributed by atoms with E-state index >= 15 is 0 Å². The molecule has 5 heteroatoms. The maximum Gasteiger partial charge on any atom is 0.243 e. The van der Waals surface area contributed by atoms with Crippen molar-refractivity contribution in [3.8, 4) is 0 Å². The number of nitrogens with one attached hydrogen (secondary N) is 1. The number of carbonyl (C=O) groups is 1. The molecule has 0 aliphatic rings. The number of carbonyl (C=O) groups excluding carboxylic acids is 1. The first kappa shape index (κ1) is 19.1. The Morgan fingerprint density at radius 1 is 1.15 bits per heavy atom. The first-order chi connectivity index (χ1) is 13.1. The lowest BCUT2D eigenvalue weighted by molar-refractivity contribution is -0.116. The fraction of sp³-hybridized carbons (Fsp3) is 0.182. The molecule has 0 radical (unpaired) electrons. The maximum atomic E-state index is 11.9. The Balaban J connectivity index is 1.55. The minimum Gasteiger partial charge on any atom is -0.353 e. The summed E-state index contributed by atoms with van der Waals surface area (Å²) in [5, 5.41) is 2.93. The highest BCUT2D eigenvalue weighted by Crippen LogP contribution is 2.19. The zero-order chi connectivity index (χ0) is 19.1. The minimum absolute atomic E-state index is 0.0822. The average Bonchev–Trinajstić information content (AvgIpc) is 3.01. The number of rotatable bonds is 8. The molecule has 0 spiro atoms. The van der Waals surface area contributed by atoms with Crippen molar-refractivity contribution in [3.63, 3.8) is 0 Å². The van der Waals surface area contributed by atoms with Gasteiger partial charge in [-0.05, 0) is 30.2 Å². The zero-order valence-electron chi connectivity index (χ0n) is 15.1. The molecule has 0 bridgehead atoms. The summed E-state index contributed by atoms with van der Waals surface area (Å²) in [7, 11) is 0. The van der Waals surface area contributed by atoms with Gasteiger partial charge in [0, 0.05) is 23.5 Å². The van der Waals surface area contributed by atoms with Crippen LogP contribution in [0, 0.1) is 0 Å². The SMILES string of the molecule is C=C(Br)Cn1c(CCCNC(=O)/C=C/c2ccccc2)nc2ccccc21. The minimum atomic E-state index is -0.0822. The lowest BCUT2D eigenvalue weighted by atomic mass is 10.2. The second-order valence-corrected chi connectivity index (χ2v) is 7.38. The molecule has 4 nitrogen and oxygen atoms in total. The van der Waals surface area contributed by atoms with Crippen LogP contribution in [-0.4, -0.2) is 22.0 Å². The van der Waals surface area contributed by atoms with Crippen molar-refractivity contribution in [1.82, 2.24) is 14.9 Å². The van der Waals surface area contributed by atoms with Gasteiger partial charge in [0.2, 0.25) is 5.91 Å². The van der Waals surface area contributed by atoms with Gasteiger partial charge in [-0.2, -0.15) is 0 Å². The number of hydrogen-bond acceptors (Lipinski definition) is 2. The molecule has 138 valence electrons. The van der Waals surface area contributed by atoms with Gasteiger partial charge in [0.1, 0.15) is 5.82 Å². The van der Waals surface area contributed by atoms with Crippen molar-refractivity contribution in [2.45, 2.75) is 19.4 Å². The van der Waals surface area contributed by atoms with Gasteiger partial charge in [0.25, 0.3) is 0 Å². The number of hydrogen-bond donors (Lipinski definition) is 1. The van der Waals surface area contributed by atoms with Gasteiger partial charge in [-0.15, -0.1) is 0 Å². The van der Waals surface area contributed by atoms with Crippen molar-refractivity contribution in [1.29, 1.82) is 0 Å². The number of aromatic nitrogens is 2. The summed E-state index contributed by atoms with van der Waals surface area (Å²) in [6, 6.07) is 17.9. The van der Waals surface area contributed by atoms with E-state index in [1.807, 2.05) is 54.6 Å². The molecule has 0 unspecified atom stereocenters. The van der Waals surface area contributed by atoms with Crippen LogP contribution < -0.4 is 5.32 Å². The summed E-state index contributed by atoms with van der Waals surface area (Å²) in [6.45, 7) is 5.24. The van der Waals surface area contributed by atoms with Crippen molar-refractivity contribution >= 4 is 38.9 Å². The molecule has 3 rings (SSSR count). The van der Waals surface area contributed by atoms with Gasteiger partial charge >= 0.3 is 0 Å². The number of fused-ring (bicyclic) bond motifs is 1. The molecule has 0 fully saturated rings. The Labute approximate surface area is 167 Å². The number of para-hydroxylation sites is 2. The van der Waals surface area contributed by atoms with Crippen molar-refractivity contribution in [2.75, 3.05) is 6.54 Å². The normalized spacial score (nSPS) is 11.1. The number of aryl methyl sites for hydroxylation is 1. The van der Waals surface area contributed by atoms with Crippen LogP contribution >= 0.6 is 15.9 Å². The van der Waals surface area contributed by atoms with E-state index in [4.69, 9.17) is 4.98 Å². The number of halogens is 1. The molecule has 0 aliphatic heterocycles. The van der Waals surface area contributed by atoms with E-state index in [9.17, 15) is 4.79 Å². The fourth-order valence-corrected chi connectivity index (χ4v) is 3.17. The highest BCUT2D eigenvalue weighted by atomic mass is 79.9. The zero-order valence-corrected chi connectivity index (χ0v) is 16.7. The monoisotopic (exact) mass is 423 g/mol. The van der Waals surface area contributed by atoms with E-state index in [0.717, 1.165) is 39.7 Å². The van der Waals surface area contributed by atoms with Crippen LogP contribution in [0.25, 0.3) is 17.1 Å².